The summed E-state index contributed by atoms with van der Waals surface area (Å²) in [4.78, 5) is 18.1. The average Bonchev–Trinajstić information content (AvgIpc) is 2.70. The normalized spacial score (nSPS) is 21.5. The van der Waals surface area contributed by atoms with Crippen molar-refractivity contribution in [2.45, 2.75) is 19.3 Å². The van der Waals surface area contributed by atoms with Gasteiger partial charge in [-0.25, -0.2) is 9.50 Å². The van der Waals surface area contributed by atoms with E-state index in [1.165, 1.54) is 19.4 Å². The van der Waals surface area contributed by atoms with Crippen molar-refractivity contribution in [3.63, 3.8) is 0 Å². The van der Waals surface area contributed by atoms with Crippen LogP contribution in [0.2, 0.25) is 0 Å². The molecule has 1 aliphatic rings. The zero-order chi connectivity index (χ0) is 12.5. The van der Waals surface area contributed by atoms with E-state index in [2.05, 4.69) is 22.0 Å². The molecule has 3 rings (SSSR count). The van der Waals surface area contributed by atoms with E-state index in [9.17, 15) is 4.79 Å². The van der Waals surface area contributed by atoms with Gasteiger partial charge in [0, 0.05) is 31.3 Å². The number of fused-ring (bicyclic) bond motifs is 1. The Bertz CT molecular complexity index is 600. The number of hydrogen-bond donors (Lipinski definition) is 1. The molecular formula is C13H18N4O. The third kappa shape index (κ3) is 2.31. The van der Waals surface area contributed by atoms with E-state index >= 15 is 0 Å². The van der Waals surface area contributed by atoms with E-state index in [0.717, 1.165) is 18.8 Å². The fourth-order valence-electron chi connectivity index (χ4n) is 2.76. The standard InChI is InChI=1S/C13H18N4O/c1-16-5-2-3-10(9-16)7-12-14-13-8-11(18)4-6-17(13)15-12/h4,6,8,10H,2-3,5,7,9H2,1H3,(H,14,15). The quantitative estimate of drug-likeness (QED) is 0.857. The highest BCUT2D eigenvalue weighted by Crippen LogP contribution is 2.18. The minimum absolute atomic E-state index is 0.00505. The molecule has 18 heavy (non-hydrogen) atoms. The van der Waals surface area contributed by atoms with Crippen molar-refractivity contribution in [1.29, 1.82) is 0 Å². The lowest BCUT2D eigenvalue weighted by atomic mass is 9.95. The van der Waals surface area contributed by atoms with Gasteiger partial charge in [0.1, 0.15) is 5.82 Å². The summed E-state index contributed by atoms with van der Waals surface area (Å²) in [7, 11) is 2.17. The number of pyridine rings is 1. The molecule has 96 valence electrons. The Labute approximate surface area is 105 Å². The lowest BCUT2D eigenvalue weighted by Crippen LogP contribution is -2.33. The topological polar surface area (TPSA) is 53.4 Å². The van der Waals surface area contributed by atoms with Crippen LogP contribution in [-0.2, 0) is 6.42 Å². The number of piperidine rings is 1. The predicted molar refractivity (Wildman–Crippen MR) is 69.7 cm³/mol. The zero-order valence-electron chi connectivity index (χ0n) is 10.6. The Kier molecular flexibility index (Phi) is 2.91. The highest BCUT2D eigenvalue weighted by Gasteiger charge is 2.18. The summed E-state index contributed by atoms with van der Waals surface area (Å²) in [6, 6.07) is 3.11. The van der Waals surface area contributed by atoms with Gasteiger partial charge in [-0.15, -0.1) is 0 Å². The van der Waals surface area contributed by atoms with Crippen molar-refractivity contribution in [3.05, 3.63) is 34.4 Å². The number of H-pyrrole nitrogens is 1. The molecule has 1 N–H and O–H groups in total. The molecule has 0 amide bonds. The molecule has 1 aliphatic heterocycles. The van der Waals surface area contributed by atoms with Crippen LogP contribution >= 0.6 is 0 Å². The van der Waals surface area contributed by atoms with E-state index in [4.69, 9.17) is 0 Å². The predicted octanol–water partition coefficient (Wildman–Crippen LogP) is 0.907. The second kappa shape index (κ2) is 4.57. The summed E-state index contributed by atoms with van der Waals surface area (Å²) < 4.78 is 1.81. The van der Waals surface area contributed by atoms with Gasteiger partial charge >= 0.3 is 0 Å². The van der Waals surface area contributed by atoms with Crippen molar-refractivity contribution in [2.24, 2.45) is 5.92 Å². The van der Waals surface area contributed by atoms with Crippen LogP contribution in [0.1, 0.15) is 18.7 Å². The van der Waals surface area contributed by atoms with Crippen molar-refractivity contribution >= 4 is 5.65 Å². The van der Waals surface area contributed by atoms with Crippen LogP contribution in [0.15, 0.2) is 23.1 Å². The second-order valence-electron chi connectivity index (χ2n) is 5.24. The molecule has 1 saturated heterocycles. The van der Waals surface area contributed by atoms with Gasteiger partial charge in [-0.05, 0) is 32.4 Å². The summed E-state index contributed by atoms with van der Waals surface area (Å²) in [6.45, 7) is 2.33. The van der Waals surface area contributed by atoms with Crippen LogP contribution in [0.25, 0.3) is 5.65 Å². The van der Waals surface area contributed by atoms with Crippen molar-refractivity contribution in [1.82, 2.24) is 19.5 Å². The fourth-order valence-corrected chi connectivity index (χ4v) is 2.76. The molecule has 5 nitrogen and oxygen atoms in total. The Morgan fingerprint density at radius 2 is 2.44 bits per heavy atom. The van der Waals surface area contributed by atoms with E-state index in [-0.39, 0.29) is 5.43 Å². The summed E-state index contributed by atoms with van der Waals surface area (Å²) in [5, 5.41) is 3.23. The molecule has 1 fully saturated rings. The van der Waals surface area contributed by atoms with Gasteiger partial charge in [0.15, 0.2) is 11.1 Å². The van der Waals surface area contributed by atoms with Crippen LogP contribution in [0.4, 0.5) is 0 Å². The maximum atomic E-state index is 11.3. The van der Waals surface area contributed by atoms with Gasteiger partial charge < -0.3 is 4.90 Å². The minimum atomic E-state index is 0.00505. The van der Waals surface area contributed by atoms with E-state index in [1.54, 1.807) is 18.3 Å². The van der Waals surface area contributed by atoms with Crippen LogP contribution in [0.3, 0.4) is 0 Å². The van der Waals surface area contributed by atoms with Gasteiger partial charge in [0.2, 0.25) is 0 Å². The molecule has 2 aromatic rings. The lowest BCUT2D eigenvalue weighted by molar-refractivity contribution is 0.207. The molecule has 1 unspecified atom stereocenters. The summed E-state index contributed by atoms with van der Waals surface area (Å²) in [5.74, 6) is 1.64. The average molecular weight is 246 g/mol. The van der Waals surface area contributed by atoms with Crippen LogP contribution in [0, 0.1) is 5.92 Å². The highest BCUT2D eigenvalue weighted by molar-refractivity contribution is 5.36. The number of aromatic nitrogens is 3. The summed E-state index contributed by atoms with van der Waals surface area (Å²) in [5.41, 5.74) is 0.715. The maximum Gasteiger partial charge on any atom is 0.183 e. The number of hydrogen-bond acceptors (Lipinski definition) is 3. The first-order valence-corrected chi connectivity index (χ1v) is 6.46. The molecule has 0 radical (unpaired) electrons. The molecule has 0 aromatic carbocycles. The molecular weight excluding hydrogens is 228 g/mol. The van der Waals surface area contributed by atoms with Crippen LogP contribution in [0.5, 0.6) is 0 Å². The molecule has 1 atom stereocenters. The summed E-state index contributed by atoms with van der Waals surface area (Å²) >= 11 is 0. The minimum Gasteiger partial charge on any atom is -0.306 e. The Hall–Kier alpha value is -1.62. The SMILES string of the molecule is CN1CCCC(Cc2nc3cc(=O)ccn3[nH]2)C1. The number of nitrogens with one attached hydrogen (secondary N) is 1. The van der Waals surface area contributed by atoms with Gasteiger partial charge in [-0.1, -0.05) is 0 Å². The van der Waals surface area contributed by atoms with E-state index in [0.29, 0.717) is 11.6 Å². The van der Waals surface area contributed by atoms with Crippen LogP contribution in [-0.4, -0.2) is 39.6 Å². The number of aromatic amines is 1. The third-order valence-corrected chi connectivity index (χ3v) is 3.61. The molecule has 0 saturated carbocycles. The molecule has 3 heterocycles. The largest absolute Gasteiger partial charge is 0.306 e. The van der Waals surface area contributed by atoms with Gasteiger partial charge in [-0.2, -0.15) is 0 Å². The monoisotopic (exact) mass is 246 g/mol. The molecule has 0 spiro atoms. The van der Waals surface area contributed by atoms with E-state index < -0.39 is 0 Å². The zero-order valence-corrected chi connectivity index (χ0v) is 10.6. The first-order chi connectivity index (χ1) is 8.70. The number of rotatable bonds is 2. The van der Waals surface area contributed by atoms with Crippen molar-refractivity contribution in [2.75, 3.05) is 20.1 Å². The first kappa shape index (κ1) is 11.5. The molecule has 0 bridgehead atoms. The molecule has 5 heteroatoms. The van der Waals surface area contributed by atoms with Crippen LogP contribution < -0.4 is 5.43 Å². The number of nitrogens with zero attached hydrogens (tertiary/aromatic N) is 3. The maximum absolute atomic E-state index is 11.3. The Morgan fingerprint density at radius 1 is 1.56 bits per heavy atom. The Morgan fingerprint density at radius 3 is 3.28 bits per heavy atom. The number of likely N-dealkylation sites (tertiary alicyclic amines) is 1. The summed E-state index contributed by atoms with van der Waals surface area (Å²) in [6.07, 6.45) is 5.22. The molecule has 0 aliphatic carbocycles. The van der Waals surface area contributed by atoms with Crippen molar-refractivity contribution < 1.29 is 0 Å². The van der Waals surface area contributed by atoms with Crippen molar-refractivity contribution in [3.8, 4) is 0 Å². The van der Waals surface area contributed by atoms with E-state index in [1.807, 2.05) is 4.52 Å². The first-order valence-electron chi connectivity index (χ1n) is 6.46. The third-order valence-electron chi connectivity index (χ3n) is 3.61. The second-order valence-corrected chi connectivity index (χ2v) is 5.24. The van der Waals surface area contributed by atoms with Gasteiger partial charge in [0.05, 0.1) is 0 Å². The smallest absolute Gasteiger partial charge is 0.183 e. The fraction of sp³-hybridized carbons (Fsp3) is 0.538. The Balaban J connectivity index is 1.80. The highest BCUT2D eigenvalue weighted by atomic mass is 16.1. The lowest BCUT2D eigenvalue weighted by Gasteiger charge is -2.28. The molecule has 2 aromatic heterocycles. The van der Waals surface area contributed by atoms with Gasteiger partial charge in [-0.3, -0.25) is 9.89 Å². The van der Waals surface area contributed by atoms with Gasteiger partial charge in [0.25, 0.3) is 0 Å².